The van der Waals surface area contributed by atoms with Gasteiger partial charge in [0.15, 0.2) is 5.01 Å². The number of nitrogens with zero attached hydrogens (tertiary/aromatic N) is 2. The van der Waals surface area contributed by atoms with Crippen molar-refractivity contribution in [1.82, 2.24) is 10.2 Å². The molecule has 4 nitrogen and oxygen atoms in total. The summed E-state index contributed by atoms with van der Waals surface area (Å²) in [5.74, 6) is -0.674. The highest BCUT2D eigenvalue weighted by Gasteiger charge is 2.14. The van der Waals surface area contributed by atoms with Gasteiger partial charge in [0.25, 0.3) is 5.91 Å². The number of nitrogens with one attached hydrogen (secondary N) is 1. The van der Waals surface area contributed by atoms with Crippen molar-refractivity contribution in [3.05, 3.63) is 64.4 Å². The minimum absolute atomic E-state index is 0.248. The van der Waals surface area contributed by atoms with E-state index >= 15 is 0 Å². The number of rotatable bonds is 3. The highest BCUT2D eigenvalue weighted by Crippen LogP contribution is 2.32. The van der Waals surface area contributed by atoms with Crippen LogP contribution in [-0.2, 0) is 0 Å². The second-order valence-electron chi connectivity index (χ2n) is 4.81. The van der Waals surface area contributed by atoms with E-state index in [9.17, 15) is 9.18 Å². The van der Waals surface area contributed by atoms with Crippen molar-refractivity contribution in [2.45, 2.75) is 6.92 Å². The van der Waals surface area contributed by atoms with Crippen LogP contribution >= 0.6 is 22.9 Å². The second kappa shape index (κ2) is 6.44. The monoisotopic (exact) mass is 347 g/mol. The molecule has 3 rings (SSSR count). The van der Waals surface area contributed by atoms with Crippen LogP contribution in [0.1, 0.15) is 15.9 Å². The van der Waals surface area contributed by atoms with Gasteiger partial charge in [0, 0.05) is 11.1 Å². The lowest BCUT2D eigenvalue weighted by atomic mass is 10.1. The standard InChI is InChI=1S/C16H11ClFN3OS/c1-9-4-2-3-5-11(9)14(22)19-16-21-20-15(23-16)12-7-6-10(18)8-13(12)17/h2-8H,1H3,(H,19,21,22). The van der Waals surface area contributed by atoms with Gasteiger partial charge in [-0.3, -0.25) is 10.1 Å². The van der Waals surface area contributed by atoms with Gasteiger partial charge in [-0.15, -0.1) is 10.2 Å². The number of aromatic nitrogens is 2. The molecule has 0 saturated heterocycles. The number of amides is 1. The molecule has 7 heteroatoms. The van der Waals surface area contributed by atoms with Gasteiger partial charge in [0.1, 0.15) is 5.82 Å². The first-order valence-corrected chi connectivity index (χ1v) is 7.90. The highest BCUT2D eigenvalue weighted by molar-refractivity contribution is 7.18. The molecule has 2 aromatic carbocycles. The van der Waals surface area contributed by atoms with Gasteiger partial charge >= 0.3 is 0 Å². The third-order valence-corrected chi connectivity index (χ3v) is 4.38. The third kappa shape index (κ3) is 3.38. The maximum Gasteiger partial charge on any atom is 0.257 e. The van der Waals surface area contributed by atoms with Crippen molar-refractivity contribution in [2.24, 2.45) is 0 Å². The normalized spacial score (nSPS) is 10.6. The molecule has 0 spiro atoms. The van der Waals surface area contributed by atoms with Gasteiger partial charge in [-0.1, -0.05) is 41.1 Å². The molecule has 0 fully saturated rings. The molecule has 0 saturated carbocycles. The Kier molecular flexibility index (Phi) is 4.36. The predicted octanol–water partition coefficient (Wildman–Crippen LogP) is 4.56. The summed E-state index contributed by atoms with van der Waals surface area (Å²) in [6.45, 7) is 1.86. The molecule has 1 amide bonds. The fourth-order valence-corrected chi connectivity index (χ4v) is 3.13. The molecule has 116 valence electrons. The Morgan fingerprint density at radius 3 is 2.74 bits per heavy atom. The van der Waals surface area contributed by atoms with Gasteiger partial charge in [-0.2, -0.15) is 0 Å². The Labute approximate surface area is 141 Å². The van der Waals surface area contributed by atoms with Crippen LogP contribution in [-0.4, -0.2) is 16.1 Å². The maximum absolute atomic E-state index is 13.1. The minimum atomic E-state index is -0.420. The van der Waals surface area contributed by atoms with Crippen LogP contribution in [0.5, 0.6) is 0 Å². The molecule has 0 bridgehead atoms. The van der Waals surface area contributed by atoms with E-state index in [1.807, 2.05) is 19.1 Å². The van der Waals surface area contributed by atoms with Gasteiger partial charge in [0.05, 0.1) is 5.02 Å². The summed E-state index contributed by atoms with van der Waals surface area (Å²) < 4.78 is 13.1. The summed E-state index contributed by atoms with van der Waals surface area (Å²) in [4.78, 5) is 12.2. The molecule has 1 N–H and O–H groups in total. The summed E-state index contributed by atoms with van der Waals surface area (Å²) in [5.41, 5.74) is 2.02. The number of carbonyl (C=O) groups is 1. The smallest absolute Gasteiger partial charge is 0.257 e. The summed E-state index contributed by atoms with van der Waals surface area (Å²) in [6.07, 6.45) is 0. The minimum Gasteiger partial charge on any atom is -0.296 e. The van der Waals surface area contributed by atoms with E-state index in [4.69, 9.17) is 11.6 Å². The van der Waals surface area contributed by atoms with Gasteiger partial charge in [-0.25, -0.2) is 4.39 Å². The Morgan fingerprint density at radius 2 is 2.00 bits per heavy atom. The van der Waals surface area contributed by atoms with E-state index in [-0.39, 0.29) is 10.9 Å². The van der Waals surface area contributed by atoms with Crippen LogP contribution in [0.25, 0.3) is 10.6 Å². The van der Waals surface area contributed by atoms with Crippen LogP contribution in [0, 0.1) is 12.7 Å². The van der Waals surface area contributed by atoms with Crippen molar-refractivity contribution in [3.8, 4) is 10.6 Å². The SMILES string of the molecule is Cc1ccccc1C(=O)Nc1nnc(-c2ccc(F)cc2Cl)s1. The molecule has 0 aliphatic heterocycles. The number of halogens is 2. The fraction of sp³-hybridized carbons (Fsp3) is 0.0625. The third-order valence-electron chi connectivity index (χ3n) is 3.20. The number of hydrogen-bond acceptors (Lipinski definition) is 4. The summed E-state index contributed by atoms with van der Waals surface area (Å²) in [6, 6.07) is 11.3. The molecule has 1 heterocycles. The number of hydrogen-bond donors (Lipinski definition) is 1. The lowest BCUT2D eigenvalue weighted by Crippen LogP contribution is -2.12. The molecule has 0 aliphatic carbocycles. The zero-order valence-corrected chi connectivity index (χ0v) is 13.6. The Bertz CT molecular complexity index is 881. The highest BCUT2D eigenvalue weighted by atomic mass is 35.5. The molecule has 0 radical (unpaired) electrons. The average molecular weight is 348 g/mol. The molecule has 0 aliphatic rings. The van der Waals surface area contributed by atoms with Crippen LogP contribution in [0.2, 0.25) is 5.02 Å². The van der Waals surface area contributed by atoms with Crippen molar-refractivity contribution in [3.63, 3.8) is 0 Å². The van der Waals surface area contributed by atoms with Crippen molar-refractivity contribution in [1.29, 1.82) is 0 Å². The summed E-state index contributed by atoms with van der Waals surface area (Å²) >= 11 is 7.18. The second-order valence-corrected chi connectivity index (χ2v) is 6.19. The number of anilines is 1. The van der Waals surface area contributed by atoms with Gasteiger partial charge in [0.2, 0.25) is 5.13 Å². The summed E-state index contributed by atoms with van der Waals surface area (Å²) in [5, 5.41) is 11.7. The van der Waals surface area contributed by atoms with Crippen LogP contribution in [0.15, 0.2) is 42.5 Å². The number of carbonyl (C=O) groups excluding carboxylic acids is 1. The van der Waals surface area contributed by atoms with E-state index in [1.54, 1.807) is 12.1 Å². The van der Waals surface area contributed by atoms with Crippen LogP contribution in [0.4, 0.5) is 9.52 Å². The molecule has 23 heavy (non-hydrogen) atoms. The van der Waals surface area contributed by atoms with Crippen LogP contribution in [0.3, 0.4) is 0 Å². The Hall–Kier alpha value is -2.31. The molecule has 1 aromatic heterocycles. The zero-order chi connectivity index (χ0) is 16.4. The molecule has 0 atom stereocenters. The first-order valence-electron chi connectivity index (χ1n) is 6.70. The van der Waals surface area contributed by atoms with E-state index in [0.717, 1.165) is 5.56 Å². The first-order chi connectivity index (χ1) is 11.0. The van der Waals surface area contributed by atoms with Crippen molar-refractivity contribution in [2.75, 3.05) is 5.32 Å². The van der Waals surface area contributed by atoms with Gasteiger partial charge in [-0.05, 0) is 36.8 Å². The fourth-order valence-electron chi connectivity index (χ4n) is 2.04. The number of benzene rings is 2. The molecule has 0 unspecified atom stereocenters. The predicted molar refractivity (Wildman–Crippen MR) is 89.4 cm³/mol. The maximum atomic E-state index is 13.1. The number of aryl methyl sites for hydroxylation is 1. The lowest BCUT2D eigenvalue weighted by Gasteiger charge is -2.04. The Morgan fingerprint density at radius 1 is 1.22 bits per heavy atom. The topological polar surface area (TPSA) is 54.9 Å². The Balaban J connectivity index is 1.82. The first kappa shape index (κ1) is 15.6. The quantitative estimate of drug-likeness (QED) is 0.755. The molecular formula is C16H11ClFN3OS. The van der Waals surface area contributed by atoms with E-state index in [1.165, 1.54) is 29.5 Å². The largest absolute Gasteiger partial charge is 0.296 e. The van der Waals surface area contributed by atoms with E-state index in [2.05, 4.69) is 15.5 Å². The summed E-state index contributed by atoms with van der Waals surface area (Å²) in [7, 11) is 0. The van der Waals surface area contributed by atoms with E-state index in [0.29, 0.717) is 21.3 Å². The van der Waals surface area contributed by atoms with E-state index < -0.39 is 5.82 Å². The lowest BCUT2D eigenvalue weighted by molar-refractivity contribution is 0.102. The van der Waals surface area contributed by atoms with Crippen molar-refractivity contribution < 1.29 is 9.18 Å². The van der Waals surface area contributed by atoms with Crippen LogP contribution < -0.4 is 5.32 Å². The molecule has 3 aromatic rings. The zero-order valence-electron chi connectivity index (χ0n) is 12.0. The average Bonchev–Trinajstić information content (AvgIpc) is 2.95. The van der Waals surface area contributed by atoms with Gasteiger partial charge < -0.3 is 0 Å². The van der Waals surface area contributed by atoms with Crippen molar-refractivity contribution >= 4 is 34.0 Å². The molecular weight excluding hydrogens is 337 g/mol.